The molecule has 1 amide bonds. The predicted molar refractivity (Wildman–Crippen MR) is 86.6 cm³/mol. The van der Waals surface area contributed by atoms with E-state index in [0.29, 0.717) is 4.96 Å². The number of nitrogens with one attached hydrogen (secondary N) is 1. The van der Waals surface area contributed by atoms with Gasteiger partial charge in [0.2, 0.25) is 0 Å². The minimum absolute atomic E-state index is 0.0143. The van der Waals surface area contributed by atoms with Gasteiger partial charge in [0, 0.05) is 23.3 Å². The fraction of sp³-hybridized carbons (Fsp3) is 0.533. The Balaban J connectivity index is 2.28. The van der Waals surface area contributed by atoms with Gasteiger partial charge in [-0.2, -0.15) is 0 Å². The summed E-state index contributed by atoms with van der Waals surface area (Å²) in [5.41, 5.74) is 0.0574. The topological polar surface area (TPSA) is 83.7 Å². The maximum Gasteiger partial charge on any atom is 0.271 e. The van der Waals surface area contributed by atoms with Crippen molar-refractivity contribution >= 4 is 22.2 Å². The maximum absolute atomic E-state index is 12.5. The number of nitrogens with zero attached hydrogens (tertiary/aromatic N) is 2. The van der Waals surface area contributed by atoms with Crippen LogP contribution in [0.4, 0.5) is 0 Å². The summed E-state index contributed by atoms with van der Waals surface area (Å²) in [6, 6.07) is 0. The lowest BCUT2D eigenvalue weighted by atomic mass is 9.89. The molecule has 0 bridgehead atoms. The molecule has 120 valence electrons. The van der Waals surface area contributed by atoms with Crippen molar-refractivity contribution in [3.63, 3.8) is 0 Å². The lowest BCUT2D eigenvalue weighted by Crippen LogP contribution is -2.41. The van der Waals surface area contributed by atoms with Gasteiger partial charge in [0.15, 0.2) is 4.96 Å². The third kappa shape index (κ3) is 3.05. The van der Waals surface area contributed by atoms with E-state index in [1.54, 1.807) is 0 Å². The summed E-state index contributed by atoms with van der Waals surface area (Å²) >= 11 is 1.42. The standard InChI is InChI=1S/C15H21N3O3S/c1-8-9(2)22-14-17-6-10(13(21)18(8)14)12(20)16-7-11(19)15(3,4)5/h6,11,19H,7H2,1-5H3,(H,16,20). The van der Waals surface area contributed by atoms with E-state index < -0.39 is 12.0 Å². The number of rotatable bonds is 3. The molecule has 2 aromatic rings. The van der Waals surface area contributed by atoms with Crippen molar-refractivity contribution in [3.05, 3.63) is 32.7 Å². The minimum Gasteiger partial charge on any atom is -0.391 e. The summed E-state index contributed by atoms with van der Waals surface area (Å²) < 4.78 is 1.45. The third-order valence-electron chi connectivity index (χ3n) is 3.72. The number of amides is 1. The van der Waals surface area contributed by atoms with Crippen molar-refractivity contribution in [2.75, 3.05) is 6.54 Å². The van der Waals surface area contributed by atoms with Crippen molar-refractivity contribution in [2.24, 2.45) is 5.41 Å². The van der Waals surface area contributed by atoms with E-state index in [0.717, 1.165) is 10.6 Å². The zero-order chi connectivity index (χ0) is 16.7. The Morgan fingerprint density at radius 1 is 1.45 bits per heavy atom. The van der Waals surface area contributed by atoms with Gasteiger partial charge in [-0.25, -0.2) is 4.98 Å². The normalized spacial score (nSPS) is 13.4. The summed E-state index contributed by atoms with van der Waals surface area (Å²) in [5.74, 6) is -0.515. The molecule has 2 N–H and O–H groups in total. The van der Waals surface area contributed by atoms with Crippen LogP contribution < -0.4 is 10.9 Å². The molecule has 0 aliphatic heterocycles. The predicted octanol–water partition coefficient (Wildman–Crippen LogP) is 1.51. The van der Waals surface area contributed by atoms with Crippen molar-refractivity contribution in [3.8, 4) is 0 Å². The molecule has 0 aliphatic rings. The lowest BCUT2D eigenvalue weighted by Gasteiger charge is -2.25. The number of aryl methyl sites for hydroxylation is 2. The van der Waals surface area contributed by atoms with E-state index in [-0.39, 0.29) is 23.1 Å². The molecule has 0 saturated carbocycles. The van der Waals surface area contributed by atoms with Crippen LogP contribution >= 0.6 is 11.3 Å². The highest BCUT2D eigenvalue weighted by atomic mass is 32.1. The Morgan fingerprint density at radius 3 is 2.68 bits per heavy atom. The van der Waals surface area contributed by atoms with Crippen molar-refractivity contribution in [1.82, 2.24) is 14.7 Å². The van der Waals surface area contributed by atoms with E-state index in [4.69, 9.17) is 0 Å². The highest BCUT2D eigenvalue weighted by molar-refractivity contribution is 7.17. The van der Waals surface area contributed by atoms with E-state index >= 15 is 0 Å². The second-order valence-corrected chi connectivity index (χ2v) is 7.61. The number of hydrogen-bond donors (Lipinski definition) is 2. The van der Waals surface area contributed by atoms with Crippen LogP contribution in [0.3, 0.4) is 0 Å². The average molecular weight is 323 g/mol. The Morgan fingerprint density at radius 2 is 2.09 bits per heavy atom. The van der Waals surface area contributed by atoms with Gasteiger partial charge in [-0.15, -0.1) is 11.3 Å². The van der Waals surface area contributed by atoms with Crippen LogP contribution in [0.15, 0.2) is 11.0 Å². The molecule has 2 aromatic heterocycles. The SMILES string of the molecule is Cc1sc2ncc(C(=O)NCC(O)C(C)(C)C)c(=O)n2c1C. The molecule has 2 rings (SSSR count). The van der Waals surface area contributed by atoms with Gasteiger partial charge in [-0.3, -0.25) is 14.0 Å². The number of thiazole rings is 1. The maximum atomic E-state index is 12.5. The first kappa shape index (κ1) is 16.6. The second-order valence-electron chi connectivity index (χ2n) is 6.43. The number of hydrogen-bond acceptors (Lipinski definition) is 5. The lowest BCUT2D eigenvalue weighted by molar-refractivity contribution is 0.0586. The molecule has 0 aromatic carbocycles. The van der Waals surface area contributed by atoms with Crippen LogP contribution in [-0.2, 0) is 0 Å². The summed E-state index contributed by atoms with van der Waals surface area (Å²) in [6.07, 6.45) is 0.604. The van der Waals surface area contributed by atoms with Gasteiger partial charge in [0.1, 0.15) is 5.56 Å². The Bertz CT molecular complexity index is 771. The average Bonchev–Trinajstić information content (AvgIpc) is 2.71. The van der Waals surface area contributed by atoms with Crippen LogP contribution in [0.25, 0.3) is 4.96 Å². The molecular weight excluding hydrogens is 302 g/mol. The number of carbonyl (C=O) groups is 1. The first-order valence-corrected chi connectivity index (χ1v) is 7.88. The third-order valence-corrected chi connectivity index (χ3v) is 4.79. The zero-order valence-electron chi connectivity index (χ0n) is 13.4. The monoisotopic (exact) mass is 323 g/mol. The Labute approximate surface area is 132 Å². The minimum atomic E-state index is -0.693. The van der Waals surface area contributed by atoms with Gasteiger partial charge < -0.3 is 10.4 Å². The van der Waals surface area contributed by atoms with Crippen molar-refractivity contribution in [1.29, 1.82) is 0 Å². The number of aromatic nitrogens is 2. The van der Waals surface area contributed by atoms with E-state index in [2.05, 4.69) is 10.3 Å². The molecule has 0 aliphatic carbocycles. The summed E-state index contributed by atoms with van der Waals surface area (Å²) in [6.45, 7) is 9.46. The Kier molecular flexibility index (Phi) is 4.39. The molecule has 6 nitrogen and oxygen atoms in total. The van der Waals surface area contributed by atoms with Crippen LogP contribution in [0, 0.1) is 19.3 Å². The number of fused-ring (bicyclic) bond motifs is 1. The first-order valence-electron chi connectivity index (χ1n) is 7.07. The van der Waals surface area contributed by atoms with E-state index in [1.165, 1.54) is 21.9 Å². The van der Waals surface area contributed by atoms with Gasteiger partial charge >= 0.3 is 0 Å². The van der Waals surface area contributed by atoms with Crippen LogP contribution in [0.1, 0.15) is 41.7 Å². The molecule has 22 heavy (non-hydrogen) atoms. The van der Waals surface area contributed by atoms with Crippen molar-refractivity contribution < 1.29 is 9.90 Å². The fourth-order valence-corrected chi connectivity index (χ4v) is 2.85. The zero-order valence-corrected chi connectivity index (χ0v) is 14.2. The van der Waals surface area contributed by atoms with E-state index in [9.17, 15) is 14.7 Å². The van der Waals surface area contributed by atoms with Crippen molar-refractivity contribution in [2.45, 2.75) is 40.7 Å². The smallest absolute Gasteiger partial charge is 0.271 e. The highest BCUT2D eigenvalue weighted by Crippen LogP contribution is 2.19. The summed E-state index contributed by atoms with van der Waals surface area (Å²) in [5, 5.41) is 12.6. The summed E-state index contributed by atoms with van der Waals surface area (Å²) in [7, 11) is 0. The second kappa shape index (κ2) is 5.81. The molecule has 0 spiro atoms. The fourth-order valence-electron chi connectivity index (χ4n) is 1.92. The molecule has 0 radical (unpaired) electrons. The van der Waals surface area contributed by atoms with Crippen LogP contribution in [0.2, 0.25) is 0 Å². The van der Waals surface area contributed by atoms with E-state index in [1.807, 2.05) is 34.6 Å². The summed E-state index contributed by atoms with van der Waals surface area (Å²) in [4.78, 5) is 30.4. The van der Waals surface area contributed by atoms with Gasteiger partial charge in [-0.05, 0) is 19.3 Å². The Hall–Kier alpha value is -1.73. The quantitative estimate of drug-likeness (QED) is 0.897. The largest absolute Gasteiger partial charge is 0.391 e. The molecule has 2 heterocycles. The molecular formula is C15H21N3O3S. The van der Waals surface area contributed by atoms with Gasteiger partial charge in [-0.1, -0.05) is 20.8 Å². The first-order chi connectivity index (χ1) is 10.1. The molecule has 0 fully saturated rings. The van der Waals surface area contributed by atoms with Crippen LogP contribution in [0.5, 0.6) is 0 Å². The van der Waals surface area contributed by atoms with Gasteiger partial charge in [0.25, 0.3) is 11.5 Å². The molecule has 7 heteroatoms. The molecule has 1 unspecified atom stereocenters. The number of carbonyl (C=O) groups excluding carboxylic acids is 1. The highest BCUT2D eigenvalue weighted by Gasteiger charge is 2.23. The molecule has 1 atom stereocenters. The van der Waals surface area contributed by atoms with Gasteiger partial charge in [0.05, 0.1) is 6.10 Å². The molecule has 0 saturated heterocycles. The number of aliphatic hydroxyl groups excluding tert-OH is 1. The number of aliphatic hydroxyl groups is 1. The van der Waals surface area contributed by atoms with Crippen LogP contribution in [-0.4, -0.2) is 33.0 Å².